The number of aliphatic hydroxyl groups is 1. The van der Waals surface area contributed by atoms with Crippen molar-refractivity contribution in [2.45, 2.75) is 43.8 Å². The summed E-state index contributed by atoms with van der Waals surface area (Å²) in [6, 6.07) is 8.44. The summed E-state index contributed by atoms with van der Waals surface area (Å²) >= 11 is 0. The van der Waals surface area contributed by atoms with Crippen LogP contribution < -0.4 is 0 Å². The molecule has 1 N–H and O–H groups in total. The molecule has 0 bridgehead atoms. The Labute approximate surface area is 108 Å². The van der Waals surface area contributed by atoms with Gasteiger partial charge in [-0.25, -0.2) is 0 Å². The van der Waals surface area contributed by atoms with E-state index in [-0.39, 0.29) is 6.10 Å². The topological polar surface area (TPSA) is 29.5 Å². The molecule has 0 saturated heterocycles. The third-order valence-corrected chi connectivity index (χ3v) is 4.04. The summed E-state index contributed by atoms with van der Waals surface area (Å²) in [7, 11) is 0. The minimum Gasteiger partial charge on any atom is -0.386 e. The Hall–Kier alpha value is -1.12. The third-order valence-electron chi connectivity index (χ3n) is 4.04. The molecule has 0 fully saturated rings. The second-order valence-corrected chi connectivity index (χ2v) is 5.41. The van der Waals surface area contributed by atoms with Crippen LogP contribution in [-0.4, -0.2) is 17.3 Å². The van der Waals surface area contributed by atoms with Gasteiger partial charge in [0, 0.05) is 6.42 Å². The Bertz CT molecular complexity index is 452. The molecule has 96 valence electrons. The lowest BCUT2D eigenvalue weighted by atomic mass is 9.83. The monoisotopic (exact) mass is 244 g/mol. The highest BCUT2D eigenvalue weighted by Crippen LogP contribution is 2.37. The van der Waals surface area contributed by atoms with Gasteiger partial charge < -0.3 is 9.84 Å². The molecule has 2 unspecified atom stereocenters. The lowest BCUT2D eigenvalue weighted by Crippen LogP contribution is -2.32. The number of hydrogen-bond acceptors (Lipinski definition) is 2. The highest BCUT2D eigenvalue weighted by molar-refractivity contribution is 5.31. The second kappa shape index (κ2) is 4.87. The van der Waals surface area contributed by atoms with E-state index in [1.807, 2.05) is 6.08 Å². The van der Waals surface area contributed by atoms with Crippen LogP contribution >= 0.6 is 0 Å². The zero-order valence-corrected chi connectivity index (χ0v) is 10.6. The van der Waals surface area contributed by atoms with Gasteiger partial charge in [-0.15, -0.1) is 0 Å². The van der Waals surface area contributed by atoms with Crippen molar-refractivity contribution in [3.63, 3.8) is 0 Å². The summed E-state index contributed by atoms with van der Waals surface area (Å²) in [6.07, 6.45) is 8.79. The highest BCUT2D eigenvalue weighted by Gasteiger charge is 2.32. The first kappa shape index (κ1) is 11.9. The van der Waals surface area contributed by atoms with Gasteiger partial charge in [0.05, 0.1) is 18.3 Å². The Morgan fingerprint density at radius 1 is 1.33 bits per heavy atom. The van der Waals surface area contributed by atoms with Crippen molar-refractivity contribution in [3.8, 4) is 0 Å². The summed E-state index contributed by atoms with van der Waals surface area (Å²) in [5, 5.41) is 10.6. The molecular formula is C16H20O2. The van der Waals surface area contributed by atoms with Gasteiger partial charge in [0.1, 0.15) is 0 Å². The predicted molar refractivity (Wildman–Crippen MR) is 71.4 cm³/mol. The fraction of sp³-hybridized carbons (Fsp3) is 0.500. The minimum absolute atomic E-state index is 0.0442. The van der Waals surface area contributed by atoms with Crippen LogP contribution in [0.1, 0.15) is 42.9 Å². The SMILES string of the molecule is OC1(CC2OCCc3ccccc32)C=CCCC1. The number of ether oxygens (including phenoxy) is 1. The first-order valence-corrected chi connectivity index (χ1v) is 6.86. The van der Waals surface area contributed by atoms with Crippen LogP contribution in [0.4, 0.5) is 0 Å². The smallest absolute Gasteiger partial charge is 0.0858 e. The molecule has 1 aromatic rings. The molecule has 0 saturated carbocycles. The molecule has 2 heteroatoms. The number of benzene rings is 1. The van der Waals surface area contributed by atoms with Gasteiger partial charge in [-0.3, -0.25) is 0 Å². The Morgan fingerprint density at radius 2 is 2.22 bits per heavy atom. The summed E-state index contributed by atoms with van der Waals surface area (Å²) in [6.45, 7) is 0.765. The van der Waals surface area contributed by atoms with Crippen molar-refractivity contribution in [1.82, 2.24) is 0 Å². The third kappa shape index (κ3) is 2.36. The lowest BCUT2D eigenvalue weighted by molar-refractivity contribution is -0.0286. The Kier molecular flexibility index (Phi) is 3.23. The van der Waals surface area contributed by atoms with Gasteiger partial charge in [0.15, 0.2) is 0 Å². The molecule has 0 spiro atoms. The quantitative estimate of drug-likeness (QED) is 0.810. The first-order chi connectivity index (χ1) is 8.77. The molecule has 1 aliphatic carbocycles. The van der Waals surface area contributed by atoms with Gasteiger partial charge in [-0.05, 0) is 36.8 Å². The molecule has 18 heavy (non-hydrogen) atoms. The normalized spacial score (nSPS) is 31.1. The van der Waals surface area contributed by atoms with E-state index in [4.69, 9.17) is 4.74 Å². The van der Waals surface area contributed by atoms with Gasteiger partial charge >= 0.3 is 0 Å². The van der Waals surface area contributed by atoms with Gasteiger partial charge in [-0.2, -0.15) is 0 Å². The molecule has 1 aliphatic heterocycles. The van der Waals surface area contributed by atoms with Gasteiger partial charge in [-0.1, -0.05) is 36.4 Å². The van der Waals surface area contributed by atoms with E-state index in [0.29, 0.717) is 6.42 Å². The maximum atomic E-state index is 10.6. The van der Waals surface area contributed by atoms with Crippen LogP contribution in [0.3, 0.4) is 0 Å². The van der Waals surface area contributed by atoms with Crippen LogP contribution in [0.15, 0.2) is 36.4 Å². The molecule has 1 aromatic carbocycles. The maximum absolute atomic E-state index is 10.6. The number of hydrogen-bond donors (Lipinski definition) is 1. The van der Waals surface area contributed by atoms with Gasteiger partial charge in [0.25, 0.3) is 0 Å². The molecule has 0 aromatic heterocycles. The summed E-state index contributed by atoms with van der Waals surface area (Å²) in [5.41, 5.74) is 1.96. The molecule has 0 radical (unpaired) electrons. The van der Waals surface area contributed by atoms with Crippen LogP contribution in [0.5, 0.6) is 0 Å². The average Bonchev–Trinajstić information content (AvgIpc) is 2.40. The van der Waals surface area contributed by atoms with Crippen LogP contribution in [0, 0.1) is 0 Å². The fourth-order valence-corrected chi connectivity index (χ4v) is 3.05. The van der Waals surface area contributed by atoms with Crippen LogP contribution in [0.25, 0.3) is 0 Å². The molecular weight excluding hydrogens is 224 g/mol. The van der Waals surface area contributed by atoms with Crippen LogP contribution in [0.2, 0.25) is 0 Å². The number of allylic oxidation sites excluding steroid dienone is 1. The second-order valence-electron chi connectivity index (χ2n) is 5.41. The van der Waals surface area contributed by atoms with E-state index in [1.54, 1.807) is 0 Å². The van der Waals surface area contributed by atoms with Crippen molar-refractivity contribution in [2.24, 2.45) is 0 Å². The summed E-state index contributed by atoms with van der Waals surface area (Å²) < 4.78 is 5.88. The summed E-state index contributed by atoms with van der Waals surface area (Å²) in [5.74, 6) is 0. The zero-order valence-electron chi connectivity index (χ0n) is 10.6. The largest absolute Gasteiger partial charge is 0.386 e. The first-order valence-electron chi connectivity index (χ1n) is 6.86. The van der Waals surface area contributed by atoms with E-state index >= 15 is 0 Å². The minimum atomic E-state index is -0.673. The number of fused-ring (bicyclic) bond motifs is 1. The van der Waals surface area contributed by atoms with Gasteiger partial charge in [0.2, 0.25) is 0 Å². The molecule has 0 amide bonds. The van der Waals surface area contributed by atoms with Crippen molar-refractivity contribution in [3.05, 3.63) is 47.5 Å². The lowest BCUT2D eigenvalue weighted by Gasteiger charge is -2.34. The van der Waals surface area contributed by atoms with E-state index in [9.17, 15) is 5.11 Å². The maximum Gasteiger partial charge on any atom is 0.0858 e. The van der Waals surface area contributed by atoms with E-state index in [0.717, 1.165) is 32.3 Å². The van der Waals surface area contributed by atoms with Crippen molar-refractivity contribution < 1.29 is 9.84 Å². The molecule has 2 nitrogen and oxygen atoms in total. The van der Waals surface area contributed by atoms with Crippen molar-refractivity contribution in [1.29, 1.82) is 0 Å². The molecule has 2 atom stereocenters. The van der Waals surface area contributed by atoms with Crippen LogP contribution in [-0.2, 0) is 11.2 Å². The zero-order chi connectivity index (χ0) is 12.4. The Morgan fingerprint density at radius 3 is 3.06 bits per heavy atom. The molecule has 3 rings (SSSR count). The summed E-state index contributed by atoms with van der Waals surface area (Å²) in [4.78, 5) is 0. The van der Waals surface area contributed by atoms with E-state index in [2.05, 4.69) is 30.3 Å². The predicted octanol–water partition coefficient (Wildman–Crippen LogP) is 3.16. The number of rotatable bonds is 2. The fourth-order valence-electron chi connectivity index (χ4n) is 3.05. The van der Waals surface area contributed by atoms with Crippen molar-refractivity contribution in [2.75, 3.05) is 6.61 Å². The van der Waals surface area contributed by atoms with E-state index in [1.165, 1.54) is 11.1 Å². The molecule has 1 heterocycles. The molecule has 2 aliphatic rings. The van der Waals surface area contributed by atoms with Crippen molar-refractivity contribution >= 4 is 0 Å². The highest BCUT2D eigenvalue weighted by atomic mass is 16.5. The average molecular weight is 244 g/mol. The Balaban J connectivity index is 1.82. The van der Waals surface area contributed by atoms with E-state index < -0.39 is 5.60 Å². The standard InChI is InChI=1S/C16H20O2/c17-16(9-4-1-5-10-16)12-15-14-7-3-2-6-13(14)8-11-18-15/h2-4,6-7,9,15,17H,1,5,8,10-12H2.